The molecule has 2 aromatic carbocycles. The molecule has 0 bridgehead atoms. The molecule has 7 heteroatoms. The number of benzene rings is 2. The van der Waals surface area contributed by atoms with E-state index < -0.39 is 0 Å². The molecule has 0 aliphatic heterocycles. The fourth-order valence-electron chi connectivity index (χ4n) is 2.93. The molecule has 0 fully saturated rings. The second-order valence-electron chi connectivity index (χ2n) is 6.56. The van der Waals surface area contributed by atoms with Gasteiger partial charge in [-0.05, 0) is 17.7 Å². The number of nitrogens with zero attached hydrogens (tertiary/aromatic N) is 4. The maximum absolute atomic E-state index is 13.6. The molecule has 0 aliphatic carbocycles. The largest absolute Gasteiger partial charge is 0.489 e. The molecule has 0 unspecified atom stereocenters. The number of rotatable bonds is 8. The van der Waals surface area contributed by atoms with E-state index in [1.165, 1.54) is 11.6 Å². The minimum atomic E-state index is -0.358. The van der Waals surface area contributed by atoms with Crippen molar-refractivity contribution >= 4 is 5.96 Å². The Labute approximate surface area is 170 Å². The van der Waals surface area contributed by atoms with E-state index in [9.17, 15) is 4.39 Å². The van der Waals surface area contributed by atoms with Gasteiger partial charge >= 0.3 is 0 Å². The third-order valence-electron chi connectivity index (χ3n) is 4.50. The van der Waals surface area contributed by atoms with Gasteiger partial charge in [-0.15, -0.1) is 0 Å². The lowest BCUT2D eigenvalue weighted by atomic mass is 10.2. The van der Waals surface area contributed by atoms with Gasteiger partial charge in [-0.2, -0.15) is 0 Å². The monoisotopic (exact) mass is 395 g/mol. The third kappa shape index (κ3) is 5.81. The highest BCUT2D eigenvalue weighted by Gasteiger charge is 2.09. The van der Waals surface area contributed by atoms with Gasteiger partial charge in [0.25, 0.3) is 0 Å². The van der Waals surface area contributed by atoms with Gasteiger partial charge in [0.15, 0.2) is 17.5 Å². The smallest absolute Gasteiger partial charge is 0.193 e. The summed E-state index contributed by atoms with van der Waals surface area (Å²) in [6.07, 6.45) is 3.77. The molecular weight excluding hydrogens is 369 g/mol. The molecule has 0 amide bonds. The topological polar surface area (TPSA) is 54.7 Å². The quantitative estimate of drug-likeness (QED) is 0.470. The van der Waals surface area contributed by atoms with Crippen molar-refractivity contribution in [2.24, 2.45) is 4.99 Å². The lowest BCUT2D eigenvalue weighted by molar-refractivity contribution is 0.270. The van der Waals surface area contributed by atoms with E-state index in [-0.39, 0.29) is 11.6 Å². The van der Waals surface area contributed by atoms with Crippen LogP contribution in [0.2, 0.25) is 0 Å². The third-order valence-corrected chi connectivity index (χ3v) is 4.50. The molecule has 0 radical (unpaired) electrons. The summed E-state index contributed by atoms with van der Waals surface area (Å²) in [5.41, 5.74) is 1.22. The summed E-state index contributed by atoms with van der Waals surface area (Å²) >= 11 is 0. The number of hydrogen-bond acceptors (Lipinski definition) is 3. The predicted octanol–water partition coefficient (Wildman–Crippen LogP) is 3.16. The van der Waals surface area contributed by atoms with Crippen molar-refractivity contribution in [2.75, 3.05) is 27.2 Å². The van der Waals surface area contributed by atoms with E-state index in [1.807, 2.05) is 36.3 Å². The van der Waals surface area contributed by atoms with Gasteiger partial charge in [0.2, 0.25) is 0 Å². The average Bonchev–Trinajstić information content (AvgIpc) is 3.17. The minimum Gasteiger partial charge on any atom is -0.489 e. The van der Waals surface area contributed by atoms with Crippen LogP contribution in [0.25, 0.3) is 0 Å². The van der Waals surface area contributed by atoms with Crippen LogP contribution in [0.1, 0.15) is 11.4 Å². The normalized spacial score (nSPS) is 11.3. The number of hydrogen-bond donors (Lipinski definition) is 1. The highest BCUT2D eigenvalue weighted by molar-refractivity contribution is 5.79. The van der Waals surface area contributed by atoms with Crippen LogP contribution in [0, 0.1) is 5.82 Å². The number of halogens is 1. The number of para-hydroxylation sites is 1. The van der Waals surface area contributed by atoms with Crippen LogP contribution in [0.5, 0.6) is 5.75 Å². The summed E-state index contributed by atoms with van der Waals surface area (Å²) in [6, 6.07) is 16.7. The standard InChI is InChI=1S/C22H26FN5O/c1-24-22(27(2)14-15-29-20-11-7-6-10-19(20)23)26-16-21-25-12-13-28(21)17-18-8-4-3-5-9-18/h3-13H,14-17H2,1-2H3,(H,24,26). The molecule has 1 N–H and O–H groups in total. The maximum atomic E-state index is 13.6. The van der Waals surface area contributed by atoms with Crippen molar-refractivity contribution < 1.29 is 9.13 Å². The van der Waals surface area contributed by atoms with Gasteiger partial charge in [0.05, 0.1) is 13.1 Å². The van der Waals surface area contributed by atoms with E-state index in [1.54, 1.807) is 31.4 Å². The zero-order valence-corrected chi connectivity index (χ0v) is 16.8. The highest BCUT2D eigenvalue weighted by Crippen LogP contribution is 2.15. The fraction of sp³-hybridized carbons (Fsp3) is 0.273. The molecule has 0 saturated carbocycles. The van der Waals surface area contributed by atoms with Crippen LogP contribution in [0.15, 0.2) is 72.0 Å². The Morgan fingerprint density at radius 2 is 1.93 bits per heavy atom. The minimum absolute atomic E-state index is 0.256. The van der Waals surface area contributed by atoms with Crippen LogP contribution < -0.4 is 10.1 Å². The number of likely N-dealkylation sites (N-methyl/N-ethyl adjacent to an activating group) is 1. The fourth-order valence-corrected chi connectivity index (χ4v) is 2.93. The molecular formula is C22H26FN5O. The van der Waals surface area contributed by atoms with Crippen molar-refractivity contribution in [3.8, 4) is 5.75 Å². The van der Waals surface area contributed by atoms with E-state index in [0.29, 0.717) is 19.7 Å². The molecule has 0 aliphatic rings. The first-order chi connectivity index (χ1) is 14.2. The number of imidazole rings is 1. The average molecular weight is 395 g/mol. The highest BCUT2D eigenvalue weighted by atomic mass is 19.1. The summed E-state index contributed by atoms with van der Waals surface area (Å²) in [6.45, 7) is 2.22. The SMILES string of the molecule is CN=C(NCc1nccn1Cc1ccccc1)N(C)CCOc1ccccc1F. The van der Waals surface area contributed by atoms with Crippen molar-refractivity contribution in [3.63, 3.8) is 0 Å². The first-order valence-corrected chi connectivity index (χ1v) is 9.50. The Kier molecular flexibility index (Phi) is 7.22. The molecule has 0 spiro atoms. The first kappa shape index (κ1) is 20.4. The van der Waals surface area contributed by atoms with Crippen LogP contribution in [-0.4, -0.2) is 47.7 Å². The summed E-state index contributed by atoms with van der Waals surface area (Å²) in [4.78, 5) is 10.7. The van der Waals surface area contributed by atoms with Crippen LogP contribution in [0.4, 0.5) is 4.39 Å². The van der Waals surface area contributed by atoms with Crippen molar-refractivity contribution in [1.82, 2.24) is 19.8 Å². The van der Waals surface area contributed by atoms with Gasteiger partial charge in [0, 0.05) is 33.0 Å². The maximum Gasteiger partial charge on any atom is 0.193 e. The van der Waals surface area contributed by atoms with E-state index in [4.69, 9.17) is 4.74 Å². The molecule has 1 heterocycles. The van der Waals surface area contributed by atoms with Gasteiger partial charge < -0.3 is 19.5 Å². The molecule has 29 heavy (non-hydrogen) atoms. The Bertz CT molecular complexity index is 926. The molecule has 1 aromatic heterocycles. The van der Waals surface area contributed by atoms with Gasteiger partial charge in [-0.3, -0.25) is 4.99 Å². The lowest BCUT2D eigenvalue weighted by Crippen LogP contribution is -2.40. The van der Waals surface area contributed by atoms with Crippen LogP contribution in [0.3, 0.4) is 0 Å². The van der Waals surface area contributed by atoms with Crippen molar-refractivity contribution in [3.05, 3.63) is 84.2 Å². The van der Waals surface area contributed by atoms with Gasteiger partial charge in [0.1, 0.15) is 12.4 Å². The predicted molar refractivity (Wildman–Crippen MR) is 112 cm³/mol. The van der Waals surface area contributed by atoms with Crippen LogP contribution >= 0.6 is 0 Å². The Morgan fingerprint density at radius 1 is 1.17 bits per heavy atom. The molecule has 0 saturated heterocycles. The van der Waals surface area contributed by atoms with Crippen LogP contribution in [-0.2, 0) is 13.1 Å². The van der Waals surface area contributed by atoms with Crippen molar-refractivity contribution in [1.29, 1.82) is 0 Å². The first-order valence-electron chi connectivity index (χ1n) is 9.50. The zero-order valence-electron chi connectivity index (χ0n) is 16.8. The summed E-state index contributed by atoms with van der Waals surface area (Å²) in [5, 5.41) is 3.32. The summed E-state index contributed by atoms with van der Waals surface area (Å²) in [5.74, 6) is 1.54. The number of aliphatic imine (C=N–C) groups is 1. The second-order valence-corrected chi connectivity index (χ2v) is 6.56. The van der Waals surface area contributed by atoms with Gasteiger partial charge in [-0.1, -0.05) is 42.5 Å². The summed E-state index contributed by atoms with van der Waals surface area (Å²) in [7, 11) is 3.64. The van der Waals surface area contributed by atoms with Crippen molar-refractivity contribution in [2.45, 2.75) is 13.1 Å². The zero-order chi connectivity index (χ0) is 20.5. The Hall–Kier alpha value is -3.35. The van der Waals surface area contributed by atoms with E-state index >= 15 is 0 Å². The Balaban J connectivity index is 1.50. The van der Waals surface area contributed by atoms with Gasteiger partial charge in [-0.25, -0.2) is 9.37 Å². The number of ether oxygens (including phenoxy) is 1. The van der Waals surface area contributed by atoms with E-state index in [0.717, 1.165) is 18.3 Å². The molecule has 0 atom stereocenters. The molecule has 152 valence electrons. The molecule has 6 nitrogen and oxygen atoms in total. The number of nitrogens with one attached hydrogen (secondary N) is 1. The van der Waals surface area contributed by atoms with E-state index in [2.05, 4.69) is 32.0 Å². The Morgan fingerprint density at radius 3 is 2.69 bits per heavy atom. The lowest BCUT2D eigenvalue weighted by Gasteiger charge is -2.22. The number of guanidine groups is 1. The summed E-state index contributed by atoms with van der Waals surface area (Å²) < 4.78 is 21.3. The molecule has 3 aromatic rings. The molecule has 3 rings (SSSR count). The second kappa shape index (κ2) is 10.3. The number of aromatic nitrogens is 2.